The van der Waals surface area contributed by atoms with Crippen molar-refractivity contribution in [2.75, 3.05) is 23.8 Å². The predicted octanol–water partition coefficient (Wildman–Crippen LogP) is 2.31. The number of amides is 2. The Morgan fingerprint density at radius 3 is 2.17 bits per heavy atom. The molecule has 7 heteroatoms. The lowest BCUT2D eigenvalue weighted by atomic mass is 10.0. The third kappa shape index (κ3) is 4.93. The summed E-state index contributed by atoms with van der Waals surface area (Å²) in [5.41, 5.74) is 1.44. The number of halogens is 1. The van der Waals surface area contributed by atoms with E-state index < -0.39 is 0 Å². The van der Waals surface area contributed by atoms with Crippen molar-refractivity contribution in [1.29, 1.82) is 0 Å². The first-order chi connectivity index (χ1) is 11.2. The van der Waals surface area contributed by atoms with Crippen molar-refractivity contribution in [3.8, 4) is 0 Å². The molecule has 2 aliphatic rings. The van der Waals surface area contributed by atoms with Crippen LogP contribution in [0.25, 0.3) is 0 Å². The van der Waals surface area contributed by atoms with Crippen LogP contribution in [0.3, 0.4) is 0 Å². The molecule has 0 aromatic heterocycles. The summed E-state index contributed by atoms with van der Waals surface area (Å²) in [6.45, 7) is 1.55. The Hall–Kier alpha value is -1.63. The van der Waals surface area contributed by atoms with E-state index in [9.17, 15) is 9.59 Å². The third-order valence-electron chi connectivity index (χ3n) is 4.27. The summed E-state index contributed by atoms with van der Waals surface area (Å²) in [5.74, 6) is -0.105. The molecule has 24 heavy (non-hydrogen) atoms. The molecule has 1 aromatic rings. The molecule has 2 aliphatic heterocycles. The summed E-state index contributed by atoms with van der Waals surface area (Å²) in [7, 11) is 0. The topological polar surface area (TPSA) is 79.5 Å². The molecule has 2 heterocycles. The largest absolute Gasteiger partial charge is 0.368 e. The highest BCUT2D eigenvalue weighted by Crippen LogP contribution is 2.18. The highest BCUT2D eigenvalue weighted by atomic mass is 35.5. The van der Waals surface area contributed by atoms with Crippen molar-refractivity contribution >= 4 is 35.6 Å². The van der Waals surface area contributed by atoms with E-state index in [1.165, 1.54) is 0 Å². The normalized spacial score (nSPS) is 23.2. The van der Waals surface area contributed by atoms with Crippen molar-refractivity contribution in [2.24, 2.45) is 0 Å². The highest BCUT2D eigenvalue weighted by Gasteiger charge is 2.23. The molecule has 3 rings (SSSR count). The van der Waals surface area contributed by atoms with E-state index in [1.807, 2.05) is 0 Å². The van der Waals surface area contributed by atoms with Gasteiger partial charge in [-0.25, -0.2) is 0 Å². The van der Waals surface area contributed by atoms with E-state index in [-0.39, 0.29) is 36.4 Å². The third-order valence-corrected chi connectivity index (χ3v) is 4.27. The molecule has 1 aromatic carbocycles. The van der Waals surface area contributed by atoms with Crippen LogP contribution in [-0.2, 0) is 14.3 Å². The summed E-state index contributed by atoms with van der Waals surface area (Å²) in [6, 6.07) is 7.06. The molecule has 2 amide bonds. The van der Waals surface area contributed by atoms with Gasteiger partial charge in [0.2, 0.25) is 5.91 Å². The summed E-state index contributed by atoms with van der Waals surface area (Å²) in [4.78, 5) is 24.1. The van der Waals surface area contributed by atoms with E-state index in [1.54, 1.807) is 24.3 Å². The fourth-order valence-corrected chi connectivity index (χ4v) is 2.95. The highest BCUT2D eigenvalue weighted by molar-refractivity contribution is 5.96. The minimum Gasteiger partial charge on any atom is -0.368 e. The average Bonchev–Trinajstić information content (AvgIpc) is 3.12. The van der Waals surface area contributed by atoms with Crippen LogP contribution in [0.4, 0.5) is 11.4 Å². The number of nitrogens with one attached hydrogen (secondary N) is 3. The maximum absolute atomic E-state index is 12.1. The molecule has 132 valence electrons. The monoisotopic (exact) mass is 353 g/mol. The molecule has 0 radical (unpaired) electrons. The molecule has 0 saturated carbocycles. The van der Waals surface area contributed by atoms with Crippen LogP contribution in [0.15, 0.2) is 24.3 Å². The first-order valence-electron chi connectivity index (χ1n) is 8.29. The van der Waals surface area contributed by atoms with Gasteiger partial charge >= 0.3 is 0 Å². The molecule has 0 spiro atoms. The zero-order valence-corrected chi connectivity index (χ0v) is 14.4. The molecule has 2 saturated heterocycles. The maximum Gasteiger partial charge on any atom is 0.253 e. The van der Waals surface area contributed by atoms with E-state index in [4.69, 9.17) is 4.74 Å². The molecule has 0 bridgehead atoms. The van der Waals surface area contributed by atoms with Crippen LogP contribution in [0.1, 0.15) is 32.1 Å². The van der Waals surface area contributed by atoms with Gasteiger partial charge < -0.3 is 20.7 Å². The average molecular weight is 354 g/mol. The van der Waals surface area contributed by atoms with Crippen molar-refractivity contribution < 1.29 is 14.3 Å². The Morgan fingerprint density at radius 2 is 1.62 bits per heavy atom. The van der Waals surface area contributed by atoms with Crippen LogP contribution in [-0.4, -0.2) is 37.1 Å². The van der Waals surface area contributed by atoms with Gasteiger partial charge in [-0.15, -0.1) is 12.4 Å². The molecular formula is C17H24ClN3O3. The quantitative estimate of drug-likeness (QED) is 0.776. The Kier molecular flexibility index (Phi) is 7.02. The summed E-state index contributed by atoms with van der Waals surface area (Å²) in [6.07, 6.45) is 4.45. The second-order valence-electron chi connectivity index (χ2n) is 6.06. The number of hydrogen-bond acceptors (Lipinski definition) is 4. The van der Waals surface area contributed by atoms with Crippen molar-refractivity contribution in [1.82, 2.24) is 5.32 Å². The van der Waals surface area contributed by atoms with Gasteiger partial charge in [-0.05, 0) is 56.5 Å². The first kappa shape index (κ1) is 18.7. The fourth-order valence-electron chi connectivity index (χ4n) is 2.95. The zero-order chi connectivity index (χ0) is 16.1. The zero-order valence-electron chi connectivity index (χ0n) is 13.5. The number of carbonyl (C=O) groups excluding carboxylic acids is 2. The molecule has 6 nitrogen and oxygen atoms in total. The second kappa shape index (κ2) is 9.01. The first-order valence-corrected chi connectivity index (χ1v) is 8.29. The van der Waals surface area contributed by atoms with Crippen LogP contribution in [0.5, 0.6) is 0 Å². The van der Waals surface area contributed by atoms with Gasteiger partial charge in [0.1, 0.15) is 6.10 Å². The number of carbonyl (C=O) groups is 2. The standard InChI is InChI=1S/C17H23N3O3.ClH/c21-16(14-4-1-2-10-18-14)19-12-6-8-13(9-7-12)20-17(22)15-5-3-11-23-15;/h6-9,14-15,18H,1-5,10-11H2,(H,19,21)(H,20,22);1H. The molecule has 3 N–H and O–H groups in total. The Balaban J connectivity index is 0.00000208. The Bertz CT molecular complexity index is 553. The lowest BCUT2D eigenvalue weighted by Crippen LogP contribution is -2.43. The van der Waals surface area contributed by atoms with Gasteiger partial charge in [0.15, 0.2) is 0 Å². The van der Waals surface area contributed by atoms with E-state index in [0.29, 0.717) is 12.3 Å². The van der Waals surface area contributed by atoms with Gasteiger partial charge in [-0.3, -0.25) is 9.59 Å². The van der Waals surface area contributed by atoms with Gasteiger partial charge in [0, 0.05) is 18.0 Å². The number of rotatable bonds is 4. The van der Waals surface area contributed by atoms with Gasteiger partial charge in [-0.1, -0.05) is 6.42 Å². The van der Waals surface area contributed by atoms with E-state index >= 15 is 0 Å². The fraction of sp³-hybridized carbons (Fsp3) is 0.529. The van der Waals surface area contributed by atoms with Crippen molar-refractivity contribution in [3.05, 3.63) is 24.3 Å². The summed E-state index contributed by atoms with van der Waals surface area (Å²) >= 11 is 0. The van der Waals surface area contributed by atoms with E-state index in [0.717, 1.165) is 44.3 Å². The van der Waals surface area contributed by atoms with Crippen LogP contribution in [0.2, 0.25) is 0 Å². The number of benzene rings is 1. The lowest BCUT2D eigenvalue weighted by Gasteiger charge is -2.22. The number of anilines is 2. The predicted molar refractivity (Wildman–Crippen MR) is 95.6 cm³/mol. The summed E-state index contributed by atoms with van der Waals surface area (Å²) in [5, 5.41) is 8.97. The van der Waals surface area contributed by atoms with Crippen LogP contribution in [0, 0.1) is 0 Å². The number of hydrogen-bond donors (Lipinski definition) is 3. The van der Waals surface area contributed by atoms with E-state index in [2.05, 4.69) is 16.0 Å². The second-order valence-corrected chi connectivity index (χ2v) is 6.06. The smallest absolute Gasteiger partial charge is 0.253 e. The number of ether oxygens (including phenoxy) is 1. The van der Waals surface area contributed by atoms with Crippen LogP contribution < -0.4 is 16.0 Å². The molecule has 2 unspecified atom stereocenters. The molecule has 2 fully saturated rings. The minimum absolute atomic E-state index is 0. The molecule has 0 aliphatic carbocycles. The van der Waals surface area contributed by atoms with Gasteiger partial charge in [0.05, 0.1) is 6.04 Å². The van der Waals surface area contributed by atoms with Gasteiger partial charge in [-0.2, -0.15) is 0 Å². The Morgan fingerprint density at radius 1 is 0.958 bits per heavy atom. The molecule has 2 atom stereocenters. The Labute approximate surface area is 148 Å². The number of piperidine rings is 1. The maximum atomic E-state index is 12.1. The summed E-state index contributed by atoms with van der Waals surface area (Å²) < 4.78 is 5.35. The SMILES string of the molecule is Cl.O=C(Nc1ccc(NC(=O)C2CCCO2)cc1)C1CCCCN1. The van der Waals surface area contributed by atoms with Crippen molar-refractivity contribution in [3.63, 3.8) is 0 Å². The molecular weight excluding hydrogens is 330 g/mol. The minimum atomic E-state index is -0.341. The lowest BCUT2D eigenvalue weighted by molar-refractivity contribution is -0.124. The van der Waals surface area contributed by atoms with Crippen molar-refractivity contribution in [2.45, 2.75) is 44.2 Å². The van der Waals surface area contributed by atoms with Crippen LogP contribution >= 0.6 is 12.4 Å². The van der Waals surface area contributed by atoms with Gasteiger partial charge in [0.25, 0.3) is 5.91 Å².